The van der Waals surface area contributed by atoms with E-state index in [1.54, 1.807) is 35.1 Å². The molecule has 0 unspecified atom stereocenters. The molecule has 0 saturated carbocycles. The molecule has 8 nitrogen and oxygen atoms in total. The molecule has 9 heteroatoms. The molecule has 132 valence electrons. The maximum Gasteiger partial charge on any atom is 0.458 e. The van der Waals surface area contributed by atoms with E-state index in [0.717, 1.165) is 0 Å². The van der Waals surface area contributed by atoms with Gasteiger partial charge < -0.3 is 0 Å². The standard InChI is InChI=1S/C18H12ClN7O/c1-10-21-18-22-13-7-9-25(14-6-8-20-23-14)17(27)15(13)16(26(18)24-10)11-4-2-3-5-12(11)19/h2-9H,1H3,(H,20,23)/p+1. The van der Waals surface area contributed by atoms with E-state index in [1.807, 2.05) is 25.1 Å². The Morgan fingerprint density at radius 1 is 1.15 bits per heavy atom. The highest BCUT2D eigenvalue weighted by Crippen LogP contribution is 2.29. The van der Waals surface area contributed by atoms with Crippen molar-refractivity contribution in [2.24, 2.45) is 0 Å². The minimum absolute atomic E-state index is 0.235. The molecule has 2 N–H and O–H groups in total. The van der Waals surface area contributed by atoms with Crippen LogP contribution < -0.4 is 10.1 Å². The Labute approximate surface area is 157 Å². The van der Waals surface area contributed by atoms with E-state index >= 15 is 0 Å². The fourth-order valence-electron chi connectivity index (χ4n) is 3.21. The number of rotatable bonds is 2. The van der Waals surface area contributed by atoms with Gasteiger partial charge in [-0.25, -0.2) is 5.10 Å². The Morgan fingerprint density at radius 3 is 2.78 bits per heavy atom. The number of aromatic nitrogens is 7. The summed E-state index contributed by atoms with van der Waals surface area (Å²) >= 11 is 6.46. The minimum atomic E-state index is -0.235. The number of H-pyrrole nitrogens is 2. The molecule has 0 spiro atoms. The molecule has 4 heterocycles. The predicted octanol–water partition coefficient (Wildman–Crippen LogP) is 2.20. The van der Waals surface area contributed by atoms with Crippen molar-refractivity contribution < 1.29 is 4.52 Å². The summed E-state index contributed by atoms with van der Waals surface area (Å²) in [6.45, 7) is 1.83. The first-order valence-corrected chi connectivity index (χ1v) is 8.59. The van der Waals surface area contributed by atoms with Gasteiger partial charge in [0.25, 0.3) is 5.56 Å². The van der Waals surface area contributed by atoms with Crippen molar-refractivity contribution >= 4 is 28.3 Å². The van der Waals surface area contributed by atoms with Crippen LogP contribution in [0.4, 0.5) is 0 Å². The van der Waals surface area contributed by atoms with Crippen LogP contribution >= 0.6 is 11.6 Å². The smallest absolute Gasteiger partial charge is 0.268 e. The van der Waals surface area contributed by atoms with Crippen molar-refractivity contribution in [3.63, 3.8) is 0 Å². The fourth-order valence-corrected chi connectivity index (χ4v) is 3.44. The average Bonchev–Trinajstić information content (AvgIpc) is 3.30. The van der Waals surface area contributed by atoms with Gasteiger partial charge in [0, 0.05) is 24.8 Å². The minimum Gasteiger partial charge on any atom is -0.268 e. The molecule has 5 aromatic rings. The molecule has 0 saturated heterocycles. The number of halogens is 1. The van der Waals surface area contributed by atoms with Gasteiger partial charge in [-0.1, -0.05) is 33.7 Å². The molecule has 0 aliphatic rings. The fraction of sp³-hybridized carbons (Fsp3) is 0.0556. The maximum atomic E-state index is 13.4. The summed E-state index contributed by atoms with van der Waals surface area (Å²) in [5, 5.41) is 10.8. The lowest BCUT2D eigenvalue weighted by Crippen LogP contribution is -2.31. The highest BCUT2D eigenvalue weighted by Gasteiger charge is 2.25. The van der Waals surface area contributed by atoms with Crippen molar-refractivity contribution in [2.75, 3.05) is 0 Å². The number of nitrogens with one attached hydrogen (secondary N) is 2. The number of hydrogen-bond acceptors (Lipinski definition) is 4. The monoisotopic (exact) mass is 378 g/mol. The third kappa shape index (κ3) is 2.34. The zero-order valence-corrected chi connectivity index (χ0v) is 14.9. The van der Waals surface area contributed by atoms with Crippen molar-refractivity contribution in [3.8, 4) is 17.1 Å². The van der Waals surface area contributed by atoms with Gasteiger partial charge in [0.2, 0.25) is 5.82 Å². The average molecular weight is 379 g/mol. The SMILES string of the molecule is Cc1nc2nc3ccn(-c4ccn[nH]4)c(=O)c3c(-c3ccccc3Cl)[n+]2[nH]1. The third-order valence-electron chi connectivity index (χ3n) is 4.37. The van der Waals surface area contributed by atoms with E-state index in [4.69, 9.17) is 11.6 Å². The van der Waals surface area contributed by atoms with Gasteiger partial charge in [0.1, 0.15) is 11.2 Å². The second-order valence-electron chi connectivity index (χ2n) is 6.08. The van der Waals surface area contributed by atoms with Crippen molar-refractivity contribution in [2.45, 2.75) is 6.92 Å². The molecule has 0 atom stereocenters. The summed E-state index contributed by atoms with van der Waals surface area (Å²) in [4.78, 5) is 22.3. The van der Waals surface area contributed by atoms with Gasteiger partial charge in [-0.05, 0) is 18.2 Å². The third-order valence-corrected chi connectivity index (χ3v) is 4.70. The van der Waals surface area contributed by atoms with Crippen LogP contribution in [-0.4, -0.2) is 29.8 Å². The molecule has 0 aliphatic carbocycles. The molecule has 27 heavy (non-hydrogen) atoms. The van der Waals surface area contributed by atoms with E-state index in [0.29, 0.717) is 44.6 Å². The van der Waals surface area contributed by atoms with Crippen LogP contribution in [0.1, 0.15) is 5.82 Å². The van der Waals surface area contributed by atoms with Gasteiger partial charge in [0.05, 0.1) is 11.2 Å². The molecule has 0 fully saturated rings. The summed E-state index contributed by atoms with van der Waals surface area (Å²) in [5.41, 5.74) is 1.63. The van der Waals surface area contributed by atoms with Crippen LogP contribution in [0.2, 0.25) is 5.02 Å². The van der Waals surface area contributed by atoms with E-state index in [1.165, 1.54) is 4.57 Å². The van der Waals surface area contributed by atoms with E-state index in [9.17, 15) is 4.79 Å². The highest BCUT2D eigenvalue weighted by molar-refractivity contribution is 6.33. The van der Waals surface area contributed by atoms with Crippen LogP contribution in [0.5, 0.6) is 0 Å². The zero-order valence-electron chi connectivity index (χ0n) is 14.1. The Kier molecular flexibility index (Phi) is 3.34. The molecule has 0 radical (unpaired) electrons. The second kappa shape index (κ2) is 5.75. The first kappa shape index (κ1) is 15.7. The van der Waals surface area contributed by atoms with Gasteiger partial charge in [0.15, 0.2) is 11.2 Å². The molecule has 4 aromatic heterocycles. The van der Waals surface area contributed by atoms with Crippen LogP contribution in [0, 0.1) is 6.92 Å². The van der Waals surface area contributed by atoms with Crippen LogP contribution in [0.15, 0.2) is 53.6 Å². The summed E-state index contributed by atoms with van der Waals surface area (Å²) in [5.74, 6) is 1.71. The summed E-state index contributed by atoms with van der Waals surface area (Å²) in [7, 11) is 0. The molecule has 1 aromatic carbocycles. The number of aryl methyl sites for hydroxylation is 1. The molecule has 0 amide bonds. The Morgan fingerprint density at radius 2 is 2.00 bits per heavy atom. The summed E-state index contributed by atoms with van der Waals surface area (Å²) < 4.78 is 3.19. The predicted molar refractivity (Wildman–Crippen MR) is 100.0 cm³/mol. The Balaban J connectivity index is 2.00. The highest BCUT2D eigenvalue weighted by atomic mass is 35.5. The lowest BCUT2D eigenvalue weighted by Gasteiger charge is -2.08. The van der Waals surface area contributed by atoms with Gasteiger partial charge in [-0.2, -0.15) is 5.10 Å². The maximum absolute atomic E-state index is 13.4. The number of fused-ring (bicyclic) bond motifs is 2. The number of aromatic amines is 2. The molecule has 0 bridgehead atoms. The number of benzene rings is 1. The lowest BCUT2D eigenvalue weighted by molar-refractivity contribution is -0.567. The van der Waals surface area contributed by atoms with Crippen LogP contribution in [0.25, 0.3) is 33.8 Å². The Bertz CT molecular complexity index is 1370. The zero-order chi connectivity index (χ0) is 18.5. The topological polar surface area (TPSA) is 96.3 Å². The van der Waals surface area contributed by atoms with Crippen molar-refractivity contribution in [3.05, 3.63) is 70.0 Å². The number of nitrogens with zero attached hydrogens (tertiary/aromatic N) is 5. The van der Waals surface area contributed by atoms with Crippen LogP contribution in [0.3, 0.4) is 0 Å². The summed E-state index contributed by atoms with van der Waals surface area (Å²) in [6, 6.07) is 10.9. The van der Waals surface area contributed by atoms with Crippen molar-refractivity contribution in [1.82, 2.24) is 29.8 Å². The molecular weight excluding hydrogens is 366 g/mol. The van der Waals surface area contributed by atoms with E-state index in [2.05, 4.69) is 25.3 Å². The number of pyridine rings is 1. The van der Waals surface area contributed by atoms with E-state index in [-0.39, 0.29) is 5.56 Å². The molecular formula is C18H13ClN7O+. The Hall–Kier alpha value is -3.52. The number of hydrogen-bond donors (Lipinski definition) is 2. The van der Waals surface area contributed by atoms with Gasteiger partial charge in [-0.3, -0.25) is 14.5 Å². The summed E-state index contributed by atoms with van der Waals surface area (Å²) in [6.07, 6.45) is 3.26. The van der Waals surface area contributed by atoms with Gasteiger partial charge in [-0.15, -0.1) is 4.52 Å². The first-order chi connectivity index (χ1) is 13.1. The van der Waals surface area contributed by atoms with Crippen LogP contribution in [-0.2, 0) is 0 Å². The van der Waals surface area contributed by atoms with Gasteiger partial charge >= 0.3 is 5.78 Å². The second-order valence-corrected chi connectivity index (χ2v) is 6.48. The quantitative estimate of drug-likeness (QED) is 0.460. The first-order valence-electron chi connectivity index (χ1n) is 8.22. The molecule has 5 rings (SSSR count). The molecule has 0 aliphatic heterocycles. The normalized spacial score (nSPS) is 11.5. The van der Waals surface area contributed by atoms with Crippen molar-refractivity contribution in [1.29, 1.82) is 0 Å². The largest absolute Gasteiger partial charge is 0.458 e. The van der Waals surface area contributed by atoms with E-state index < -0.39 is 0 Å². The lowest BCUT2D eigenvalue weighted by atomic mass is 10.1.